The molecule has 0 saturated carbocycles. The van der Waals surface area contributed by atoms with Gasteiger partial charge in [0.05, 0.1) is 16.6 Å². The quantitative estimate of drug-likeness (QED) is 0.368. The van der Waals surface area contributed by atoms with Gasteiger partial charge in [0.15, 0.2) is 5.16 Å². The minimum absolute atomic E-state index is 0.00681. The minimum atomic E-state index is -0.00681. The number of carbonyl (C=O) groups excluding carboxylic acids is 1. The van der Waals surface area contributed by atoms with Gasteiger partial charge >= 0.3 is 0 Å². The maximum atomic E-state index is 12.0. The standard InChI is InChI=1S/C23H25N7OS/c1-14-13-19(29-28-14)17-5-4-6-18-21(17)22(24)27-23(26-18)32-16-9-7-15(8-10-16)25-20(31)11-12-30(2)3/h4-10,13H,11-12H2,1-3H3,(H,25,31)(H,28,29)(H2,24,26,27). The first-order valence-corrected chi connectivity index (χ1v) is 11.0. The summed E-state index contributed by atoms with van der Waals surface area (Å²) in [6.07, 6.45) is 0.452. The average molecular weight is 448 g/mol. The highest BCUT2D eigenvalue weighted by atomic mass is 32.2. The van der Waals surface area contributed by atoms with Crippen molar-refractivity contribution in [1.82, 2.24) is 25.1 Å². The number of aromatic amines is 1. The van der Waals surface area contributed by atoms with Crippen LogP contribution in [-0.4, -0.2) is 51.6 Å². The Morgan fingerprint density at radius 2 is 1.94 bits per heavy atom. The van der Waals surface area contributed by atoms with Gasteiger partial charge in [0.1, 0.15) is 5.82 Å². The molecule has 0 aliphatic carbocycles. The van der Waals surface area contributed by atoms with Crippen LogP contribution in [0.4, 0.5) is 11.5 Å². The smallest absolute Gasteiger partial charge is 0.225 e. The zero-order valence-electron chi connectivity index (χ0n) is 18.2. The summed E-state index contributed by atoms with van der Waals surface area (Å²) < 4.78 is 0. The number of hydrogen-bond acceptors (Lipinski definition) is 7. The van der Waals surface area contributed by atoms with E-state index in [1.54, 1.807) is 0 Å². The molecule has 9 heteroatoms. The topological polar surface area (TPSA) is 113 Å². The first kappa shape index (κ1) is 21.8. The van der Waals surface area contributed by atoms with Crippen LogP contribution in [-0.2, 0) is 4.79 Å². The second-order valence-electron chi connectivity index (χ2n) is 7.76. The van der Waals surface area contributed by atoms with Crippen LogP contribution in [0.5, 0.6) is 0 Å². The van der Waals surface area contributed by atoms with E-state index in [0.29, 0.717) is 23.9 Å². The van der Waals surface area contributed by atoms with Crippen LogP contribution in [0.25, 0.3) is 22.2 Å². The van der Waals surface area contributed by atoms with E-state index in [4.69, 9.17) is 10.7 Å². The second-order valence-corrected chi connectivity index (χ2v) is 8.80. The number of H-pyrrole nitrogens is 1. The van der Waals surface area contributed by atoms with Gasteiger partial charge in [-0.2, -0.15) is 5.10 Å². The fourth-order valence-electron chi connectivity index (χ4n) is 3.26. The Bertz CT molecular complexity index is 1250. The maximum Gasteiger partial charge on any atom is 0.225 e. The number of carbonyl (C=O) groups is 1. The summed E-state index contributed by atoms with van der Waals surface area (Å²) in [4.78, 5) is 24.1. The number of benzene rings is 2. The summed E-state index contributed by atoms with van der Waals surface area (Å²) in [5.41, 5.74) is 10.5. The van der Waals surface area contributed by atoms with E-state index in [9.17, 15) is 4.79 Å². The van der Waals surface area contributed by atoms with Crippen molar-refractivity contribution in [2.24, 2.45) is 0 Å². The third kappa shape index (κ3) is 5.06. The number of fused-ring (bicyclic) bond motifs is 1. The van der Waals surface area contributed by atoms with Gasteiger partial charge in [-0.15, -0.1) is 0 Å². The highest BCUT2D eigenvalue weighted by molar-refractivity contribution is 7.99. The molecule has 0 unspecified atom stereocenters. The molecule has 0 bridgehead atoms. The maximum absolute atomic E-state index is 12.0. The first-order valence-electron chi connectivity index (χ1n) is 10.2. The molecule has 164 valence electrons. The monoisotopic (exact) mass is 447 g/mol. The lowest BCUT2D eigenvalue weighted by Crippen LogP contribution is -2.20. The molecule has 2 aromatic heterocycles. The molecule has 32 heavy (non-hydrogen) atoms. The van der Waals surface area contributed by atoms with Crippen molar-refractivity contribution < 1.29 is 4.79 Å². The Hall–Kier alpha value is -3.43. The van der Waals surface area contributed by atoms with Crippen LogP contribution in [0, 0.1) is 6.92 Å². The fourth-order valence-corrected chi connectivity index (χ4v) is 4.04. The minimum Gasteiger partial charge on any atom is -0.383 e. The summed E-state index contributed by atoms with van der Waals surface area (Å²) in [5.74, 6) is 0.408. The van der Waals surface area contributed by atoms with E-state index in [2.05, 4.69) is 20.5 Å². The lowest BCUT2D eigenvalue weighted by molar-refractivity contribution is -0.116. The van der Waals surface area contributed by atoms with E-state index in [0.717, 1.165) is 38.4 Å². The lowest BCUT2D eigenvalue weighted by atomic mass is 10.1. The van der Waals surface area contributed by atoms with Crippen LogP contribution in [0.3, 0.4) is 0 Å². The van der Waals surface area contributed by atoms with Crippen LogP contribution in [0.2, 0.25) is 0 Å². The largest absolute Gasteiger partial charge is 0.383 e. The van der Waals surface area contributed by atoms with Gasteiger partial charge in [0, 0.05) is 34.8 Å². The number of aryl methyl sites for hydroxylation is 1. The molecule has 4 N–H and O–H groups in total. The van der Waals surface area contributed by atoms with Crippen molar-refractivity contribution in [3.63, 3.8) is 0 Å². The van der Waals surface area contributed by atoms with Gasteiger partial charge in [0.2, 0.25) is 5.91 Å². The summed E-state index contributed by atoms with van der Waals surface area (Å²) in [7, 11) is 3.89. The van der Waals surface area contributed by atoms with Gasteiger partial charge in [-0.05, 0) is 69.2 Å². The Morgan fingerprint density at radius 1 is 1.16 bits per heavy atom. The van der Waals surface area contributed by atoms with E-state index >= 15 is 0 Å². The predicted octanol–water partition coefficient (Wildman–Crippen LogP) is 3.95. The summed E-state index contributed by atoms with van der Waals surface area (Å²) in [6.45, 7) is 2.67. The number of nitrogen functional groups attached to an aromatic ring is 1. The number of anilines is 2. The number of nitrogens with one attached hydrogen (secondary N) is 2. The molecule has 1 amide bonds. The molecule has 4 aromatic rings. The second kappa shape index (κ2) is 9.37. The van der Waals surface area contributed by atoms with Crippen molar-refractivity contribution in [2.45, 2.75) is 23.4 Å². The van der Waals surface area contributed by atoms with Crippen LogP contribution in [0.15, 0.2) is 58.6 Å². The number of amides is 1. The normalized spacial score (nSPS) is 11.2. The molecule has 0 spiro atoms. The van der Waals surface area contributed by atoms with Gasteiger partial charge in [0.25, 0.3) is 0 Å². The molecule has 4 rings (SSSR count). The number of hydrogen-bond donors (Lipinski definition) is 3. The highest BCUT2D eigenvalue weighted by Gasteiger charge is 2.14. The van der Waals surface area contributed by atoms with Crippen LogP contribution in [0.1, 0.15) is 12.1 Å². The highest BCUT2D eigenvalue weighted by Crippen LogP contribution is 2.33. The SMILES string of the molecule is Cc1cc(-c2cccc3nc(Sc4ccc(NC(=O)CCN(C)C)cc4)nc(N)c23)n[nH]1. The van der Waals surface area contributed by atoms with Crippen molar-refractivity contribution in [2.75, 3.05) is 31.7 Å². The number of aromatic nitrogens is 4. The molecule has 0 radical (unpaired) electrons. The van der Waals surface area contributed by atoms with Gasteiger partial charge in [-0.3, -0.25) is 9.89 Å². The number of rotatable bonds is 7. The number of nitrogens with two attached hydrogens (primary N) is 1. The van der Waals surface area contributed by atoms with Gasteiger partial charge in [-0.25, -0.2) is 9.97 Å². The van der Waals surface area contributed by atoms with Crippen LogP contribution >= 0.6 is 11.8 Å². The molecular formula is C23H25N7OS. The third-order valence-corrected chi connectivity index (χ3v) is 5.72. The van der Waals surface area contributed by atoms with Gasteiger partial charge < -0.3 is 16.0 Å². The summed E-state index contributed by atoms with van der Waals surface area (Å²) in [6, 6.07) is 15.4. The fraction of sp³-hybridized carbons (Fsp3) is 0.217. The Morgan fingerprint density at radius 3 is 2.62 bits per heavy atom. The average Bonchev–Trinajstić information content (AvgIpc) is 3.19. The molecule has 0 atom stereocenters. The van der Waals surface area contributed by atoms with Gasteiger partial charge in [-0.1, -0.05) is 12.1 Å². The Labute approximate surface area is 190 Å². The van der Waals surface area contributed by atoms with E-state index in [-0.39, 0.29) is 5.91 Å². The van der Waals surface area contributed by atoms with Crippen LogP contribution < -0.4 is 11.1 Å². The Kier molecular flexibility index (Phi) is 6.38. The third-order valence-electron chi connectivity index (χ3n) is 4.85. The number of nitrogens with zero attached hydrogens (tertiary/aromatic N) is 4. The summed E-state index contributed by atoms with van der Waals surface area (Å²) >= 11 is 1.42. The first-order chi connectivity index (χ1) is 15.4. The Balaban J connectivity index is 1.52. The lowest BCUT2D eigenvalue weighted by Gasteiger charge is -2.10. The van der Waals surface area contributed by atoms with Crippen molar-refractivity contribution in [3.8, 4) is 11.3 Å². The zero-order chi connectivity index (χ0) is 22.7. The molecule has 2 heterocycles. The molecule has 2 aromatic carbocycles. The zero-order valence-corrected chi connectivity index (χ0v) is 19.0. The predicted molar refractivity (Wildman–Crippen MR) is 129 cm³/mol. The molecule has 0 saturated heterocycles. The molecule has 0 fully saturated rings. The molecular weight excluding hydrogens is 422 g/mol. The molecule has 0 aliphatic rings. The van der Waals surface area contributed by atoms with E-state index in [1.807, 2.05) is 74.4 Å². The van der Waals surface area contributed by atoms with E-state index < -0.39 is 0 Å². The summed E-state index contributed by atoms with van der Waals surface area (Å²) in [5, 5.41) is 11.6. The van der Waals surface area contributed by atoms with Crippen molar-refractivity contribution in [3.05, 3.63) is 54.2 Å². The van der Waals surface area contributed by atoms with E-state index in [1.165, 1.54) is 11.8 Å². The van der Waals surface area contributed by atoms with Crippen molar-refractivity contribution in [1.29, 1.82) is 0 Å². The molecule has 0 aliphatic heterocycles. The van der Waals surface area contributed by atoms with Crippen molar-refractivity contribution >= 4 is 40.1 Å². The molecule has 8 nitrogen and oxygen atoms in total.